The van der Waals surface area contributed by atoms with Crippen molar-refractivity contribution in [3.05, 3.63) is 52.0 Å². The van der Waals surface area contributed by atoms with Gasteiger partial charge in [0.2, 0.25) is 0 Å². The summed E-state index contributed by atoms with van der Waals surface area (Å²) in [6.45, 7) is 2.89. The number of aryl methyl sites for hydroxylation is 2. The third-order valence-electron chi connectivity index (χ3n) is 5.92. The number of hydrogen-bond acceptors (Lipinski definition) is 6. The molecule has 0 spiro atoms. The Hall–Kier alpha value is -2.61. The number of carbonyl (C=O) groups is 1. The zero-order valence-corrected chi connectivity index (χ0v) is 16.7. The topological polar surface area (TPSA) is 93.0 Å². The Morgan fingerprint density at radius 2 is 2.03 bits per heavy atom. The normalized spacial score (nSPS) is 19.5. The monoisotopic (exact) mass is 396 g/mol. The molecule has 2 aliphatic rings. The molecule has 1 saturated heterocycles. The molecule has 3 heterocycles. The van der Waals surface area contributed by atoms with Crippen molar-refractivity contribution in [3.8, 4) is 0 Å². The van der Waals surface area contributed by atoms with Crippen LogP contribution in [0, 0.1) is 0 Å². The third-order valence-corrected chi connectivity index (χ3v) is 5.92. The number of nitrogens with zero attached hydrogens (tertiary/aromatic N) is 5. The minimum absolute atomic E-state index is 0.00448. The highest BCUT2D eigenvalue weighted by atomic mass is 16.2. The van der Waals surface area contributed by atoms with Crippen LogP contribution in [-0.2, 0) is 19.4 Å². The maximum atomic E-state index is 12.4. The first kappa shape index (κ1) is 19.7. The van der Waals surface area contributed by atoms with E-state index < -0.39 is 0 Å². The summed E-state index contributed by atoms with van der Waals surface area (Å²) in [5, 5.41) is 7.61. The van der Waals surface area contributed by atoms with Crippen LogP contribution < -0.4 is 10.9 Å². The van der Waals surface area contributed by atoms with Crippen LogP contribution >= 0.6 is 0 Å². The maximum absolute atomic E-state index is 12.4. The van der Waals surface area contributed by atoms with Gasteiger partial charge < -0.3 is 5.32 Å². The summed E-state index contributed by atoms with van der Waals surface area (Å²) >= 11 is 0. The van der Waals surface area contributed by atoms with Crippen LogP contribution in [0.3, 0.4) is 0 Å². The molecule has 1 unspecified atom stereocenters. The van der Waals surface area contributed by atoms with Gasteiger partial charge >= 0.3 is 0 Å². The average Bonchev–Trinajstić information content (AvgIpc) is 2.77. The number of rotatable bonds is 6. The third kappa shape index (κ3) is 4.87. The Kier molecular flexibility index (Phi) is 6.29. The molecule has 0 saturated carbocycles. The van der Waals surface area contributed by atoms with Crippen molar-refractivity contribution in [3.63, 3.8) is 0 Å². The van der Waals surface area contributed by atoms with Gasteiger partial charge in [0.05, 0.1) is 18.4 Å². The summed E-state index contributed by atoms with van der Waals surface area (Å²) in [5.74, 6) is -0.198. The van der Waals surface area contributed by atoms with E-state index in [2.05, 4.69) is 25.3 Å². The van der Waals surface area contributed by atoms with Crippen molar-refractivity contribution in [2.24, 2.45) is 0 Å². The van der Waals surface area contributed by atoms with Crippen LogP contribution in [0.2, 0.25) is 0 Å². The fourth-order valence-corrected chi connectivity index (χ4v) is 4.29. The molecule has 4 rings (SSSR count). The van der Waals surface area contributed by atoms with Gasteiger partial charge in [-0.2, -0.15) is 5.10 Å². The van der Waals surface area contributed by atoms with Gasteiger partial charge in [0, 0.05) is 37.6 Å². The van der Waals surface area contributed by atoms with E-state index in [-0.39, 0.29) is 17.5 Å². The van der Waals surface area contributed by atoms with Gasteiger partial charge in [-0.05, 0) is 50.6 Å². The first-order valence-electron chi connectivity index (χ1n) is 10.6. The van der Waals surface area contributed by atoms with Crippen molar-refractivity contribution < 1.29 is 4.79 Å². The summed E-state index contributed by atoms with van der Waals surface area (Å²) in [6, 6.07) is 2.04. The van der Waals surface area contributed by atoms with E-state index in [1.807, 2.05) is 0 Å². The summed E-state index contributed by atoms with van der Waals surface area (Å²) in [6.07, 6.45) is 12.1. The highest BCUT2D eigenvalue weighted by Gasteiger charge is 2.23. The van der Waals surface area contributed by atoms with Crippen molar-refractivity contribution >= 4 is 5.91 Å². The second-order valence-electron chi connectivity index (χ2n) is 7.87. The molecule has 1 aliphatic carbocycles. The summed E-state index contributed by atoms with van der Waals surface area (Å²) in [4.78, 5) is 35.1. The highest BCUT2D eigenvalue weighted by Crippen LogP contribution is 2.18. The summed E-state index contributed by atoms with van der Waals surface area (Å²) in [7, 11) is 0. The van der Waals surface area contributed by atoms with Gasteiger partial charge in [0.25, 0.3) is 11.5 Å². The van der Waals surface area contributed by atoms with Crippen molar-refractivity contribution in [1.82, 2.24) is 30.0 Å². The quantitative estimate of drug-likeness (QED) is 0.789. The second kappa shape index (κ2) is 9.26. The predicted molar refractivity (Wildman–Crippen MR) is 109 cm³/mol. The summed E-state index contributed by atoms with van der Waals surface area (Å²) < 4.78 is 1.62. The molecule has 1 aliphatic heterocycles. The first-order valence-corrected chi connectivity index (χ1v) is 10.6. The number of amides is 1. The largest absolute Gasteiger partial charge is 0.349 e. The number of aromatic nitrogens is 4. The Morgan fingerprint density at radius 1 is 1.14 bits per heavy atom. The number of likely N-dealkylation sites (tertiary alicyclic amines) is 1. The number of nitrogens with one attached hydrogen (secondary N) is 1. The Balaban J connectivity index is 1.36. The maximum Gasteiger partial charge on any atom is 0.271 e. The molecular formula is C21H28N6O2. The zero-order valence-electron chi connectivity index (χ0n) is 16.7. The van der Waals surface area contributed by atoms with Crippen molar-refractivity contribution in [1.29, 1.82) is 0 Å². The molecule has 0 bridgehead atoms. The van der Waals surface area contributed by atoms with Crippen molar-refractivity contribution in [2.45, 2.75) is 57.5 Å². The smallest absolute Gasteiger partial charge is 0.271 e. The molecule has 154 valence electrons. The number of piperidine rings is 1. The zero-order chi connectivity index (χ0) is 20.1. The lowest BCUT2D eigenvalue weighted by Gasteiger charge is -2.35. The Labute approximate surface area is 170 Å². The number of fused-ring (bicyclic) bond motifs is 1. The van der Waals surface area contributed by atoms with Crippen LogP contribution in [0.4, 0.5) is 0 Å². The lowest BCUT2D eigenvalue weighted by atomic mass is 9.97. The molecule has 1 atom stereocenters. The second-order valence-corrected chi connectivity index (χ2v) is 7.87. The Bertz CT molecular complexity index is 898. The average molecular weight is 396 g/mol. The van der Waals surface area contributed by atoms with Gasteiger partial charge in [-0.1, -0.05) is 6.42 Å². The van der Waals surface area contributed by atoms with Crippen LogP contribution in [0.15, 0.2) is 29.5 Å². The van der Waals surface area contributed by atoms with E-state index in [0.29, 0.717) is 18.8 Å². The van der Waals surface area contributed by atoms with Crippen molar-refractivity contribution in [2.75, 3.05) is 19.6 Å². The lowest BCUT2D eigenvalue weighted by Crippen LogP contribution is -2.48. The van der Waals surface area contributed by atoms with Crippen LogP contribution in [0.1, 0.15) is 53.8 Å². The van der Waals surface area contributed by atoms with Gasteiger partial charge in [0.15, 0.2) is 0 Å². The molecule has 8 heteroatoms. The first-order chi connectivity index (χ1) is 14.2. The molecule has 0 radical (unpaired) electrons. The van der Waals surface area contributed by atoms with Crippen LogP contribution in [0.5, 0.6) is 0 Å². The molecule has 8 nitrogen and oxygen atoms in total. The predicted octanol–water partition coefficient (Wildman–Crippen LogP) is 1.20. The minimum atomic E-state index is -0.198. The van der Waals surface area contributed by atoms with Crippen LogP contribution in [0.25, 0.3) is 0 Å². The lowest BCUT2D eigenvalue weighted by molar-refractivity contribution is 0.0904. The van der Waals surface area contributed by atoms with Gasteiger partial charge in [-0.15, -0.1) is 0 Å². The van der Waals surface area contributed by atoms with E-state index in [0.717, 1.165) is 69.3 Å². The van der Waals surface area contributed by atoms with Gasteiger partial charge in [-0.3, -0.25) is 19.5 Å². The van der Waals surface area contributed by atoms with E-state index in [9.17, 15) is 9.59 Å². The van der Waals surface area contributed by atoms with E-state index >= 15 is 0 Å². The van der Waals surface area contributed by atoms with E-state index in [1.54, 1.807) is 16.9 Å². The van der Waals surface area contributed by atoms with Gasteiger partial charge in [0.1, 0.15) is 5.69 Å². The number of hydrogen-bond donors (Lipinski definition) is 1. The van der Waals surface area contributed by atoms with E-state index in [1.165, 1.54) is 12.4 Å². The molecule has 2 aromatic rings. The highest BCUT2D eigenvalue weighted by molar-refractivity contribution is 5.91. The molecule has 29 heavy (non-hydrogen) atoms. The molecule has 1 amide bonds. The van der Waals surface area contributed by atoms with E-state index in [4.69, 9.17) is 0 Å². The SMILES string of the molecule is O=C(NCC1CCCCN1CCn1nc2c(cc1=O)CCCC2)c1cnccn1. The number of carbonyl (C=O) groups excluding carboxylic acids is 1. The summed E-state index contributed by atoms with van der Waals surface area (Å²) in [5.41, 5.74) is 2.54. The molecular weight excluding hydrogens is 368 g/mol. The Morgan fingerprint density at radius 3 is 2.90 bits per heavy atom. The standard InChI is InChI=1S/C21H28N6O2/c28-20-13-16-5-1-2-7-18(16)25-27(20)12-11-26-10-4-3-6-17(26)14-24-21(29)19-15-22-8-9-23-19/h8-9,13,15,17H,1-7,10-12,14H2,(H,24,29). The fourth-order valence-electron chi connectivity index (χ4n) is 4.29. The molecule has 2 aromatic heterocycles. The van der Waals surface area contributed by atoms with Gasteiger partial charge in [-0.25, -0.2) is 9.67 Å². The molecule has 0 aromatic carbocycles. The fraction of sp³-hybridized carbons (Fsp3) is 0.571. The van der Waals surface area contributed by atoms with Crippen LogP contribution in [-0.4, -0.2) is 56.2 Å². The molecule has 1 fully saturated rings. The minimum Gasteiger partial charge on any atom is -0.349 e. The molecule has 1 N–H and O–H groups in total.